The maximum absolute atomic E-state index is 13.8. The van der Waals surface area contributed by atoms with E-state index in [-0.39, 0.29) is 11.6 Å². The average molecular weight is 316 g/mol. The zero-order valence-electron chi connectivity index (χ0n) is 12.1. The predicted molar refractivity (Wildman–Crippen MR) is 84.1 cm³/mol. The molecule has 22 heavy (non-hydrogen) atoms. The van der Waals surface area contributed by atoms with Gasteiger partial charge in [-0.05, 0) is 30.3 Å². The van der Waals surface area contributed by atoms with Crippen LogP contribution in [-0.4, -0.2) is 20.0 Å². The topological polar surface area (TPSA) is 35.5 Å². The molecule has 0 spiro atoms. The van der Waals surface area contributed by atoms with E-state index < -0.39 is 0 Å². The van der Waals surface area contributed by atoms with Gasteiger partial charge in [-0.1, -0.05) is 17.8 Å². The third-order valence-electron chi connectivity index (χ3n) is 3.37. The normalized spacial score (nSPS) is 15.0. The molecule has 1 aliphatic heterocycles. The molecule has 5 heteroatoms. The molecule has 0 fully saturated rings. The van der Waals surface area contributed by atoms with Crippen molar-refractivity contribution in [2.24, 2.45) is 0 Å². The fourth-order valence-electron chi connectivity index (χ4n) is 2.25. The maximum Gasteiger partial charge on any atom is 0.200 e. The van der Waals surface area contributed by atoms with Crippen molar-refractivity contribution in [3.63, 3.8) is 0 Å². The first-order chi connectivity index (χ1) is 10.6. The van der Waals surface area contributed by atoms with E-state index >= 15 is 0 Å². The largest absolute Gasteiger partial charge is 0.497 e. The number of allylic oxidation sites excluding steroid dienone is 1. The highest BCUT2D eigenvalue weighted by Crippen LogP contribution is 2.43. The fraction of sp³-hybridized carbons (Fsp3) is 0.118. The Morgan fingerprint density at radius 2 is 1.95 bits per heavy atom. The van der Waals surface area contributed by atoms with E-state index in [1.54, 1.807) is 50.6 Å². The Balaban J connectivity index is 2.01. The van der Waals surface area contributed by atoms with Gasteiger partial charge in [0.25, 0.3) is 0 Å². The summed E-state index contributed by atoms with van der Waals surface area (Å²) >= 11 is 1.14. The zero-order valence-corrected chi connectivity index (χ0v) is 12.9. The van der Waals surface area contributed by atoms with Crippen molar-refractivity contribution in [2.45, 2.75) is 4.90 Å². The van der Waals surface area contributed by atoms with Crippen LogP contribution in [0.25, 0.3) is 6.08 Å². The van der Waals surface area contributed by atoms with Gasteiger partial charge < -0.3 is 9.47 Å². The van der Waals surface area contributed by atoms with Crippen molar-refractivity contribution in [3.05, 3.63) is 58.2 Å². The smallest absolute Gasteiger partial charge is 0.200 e. The van der Waals surface area contributed by atoms with Gasteiger partial charge >= 0.3 is 0 Å². The molecule has 0 amide bonds. The van der Waals surface area contributed by atoms with Crippen LogP contribution < -0.4 is 9.47 Å². The summed E-state index contributed by atoms with van der Waals surface area (Å²) in [4.78, 5) is 13.2. The monoisotopic (exact) mass is 316 g/mol. The van der Waals surface area contributed by atoms with E-state index in [2.05, 4.69) is 0 Å². The number of ether oxygens (including phenoxy) is 2. The lowest BCUT2D eigenvalue weighted by atomic mass is 10.1. The van der Waals surface area contributed by atoms with Crippen LogP contribution in [0, 0.1) is 5.82 Å². The molecule has 0 unspecified atom stereocenters. The molecule has 0 saturated heterocycles. The Hall–Kier alpha value is -2.27. The van der Waals surface area contributed by atoms with E-state index in [1.165, 1.54) is 6.07 Å². The molecule has 0 aromatic heterocycles. The quantitative estimate of drug-likeness (QED) is 0.796. The second-order valence-electron chi connectivity index (χ2n) is 4.66. The van der Waals surface area contributed by atoms with E-state index in [0.717, 1.165) is 17.3 Å². The number of hydrogen-bond donors (Lipinski definition) is 0. The summed E-state index contributed by atoms with van der Waals surface area (Å²) in [7, 11) is 3.12. The molecular weight excluding hydrogens is 303 g/mol. The van der Waals surface area contributed by atoms with E-state index in [1.807, 2.05) is 0 Å². The van der Waals surface area contributed by atoms with Gasteiger partial charge in [-0.3, -0.25) is 4.79 Å². The summed E-state index contributed by atoms with van der Waals surface area (Å²) in [6, 6.07) is 9.87. The molecule has 3 nitrogen and oxygen atoms in total. The third kappa shape index (κ3) is 2.48. The highest BCUT2D eigenvalue weighted by molar-refractivity contribution is 8.04. The first-order valence-corrected chi connectivity index (χ1v) is 7.40. The predicted octanol–water partition coefficient (Wildman–Crippen LogP) is 4.17. The highest BCUT2D eigenvalue weighted by atomic mass is 32.2. The number of thioether (sulfide) groups is 1. The second-order valence-corrected chi connectivity index (χ2v) is 5.72. The van der Waals surface area contributed by atoms with Gasteiger partial charge in [-0.15, -0.1) is 0 Å². The van der Waals surface area contributed by atoms with E-state index in [4.69, 9.17) is 9.47 Å². The SMILES string of the molecule is COc1ccc(/C=C2/Sc3c(F)cccc3C2=O)c(OC)c1. The Kier molecular flexibility index (Phi) is 3.90. The van der Waals surface area contributed by atoms with Gasteiger partial charge in [0, 0.05) is 17.2 Å². The zero-order chi connectivity index (χ0) is 15.7. The van der Waals surface area contributed by atoms with Crippen molar-refractivity contribution >= 4 is 23.6 Å². The number of fused-ring (bicyclic) bond motifs is 1. The lowest BCUT2D eigenvalue weighted by molar-refractivity contribution is 0.104. The summed E-state index contributed by atoms with van der Waals surface area (Å²) in [5.41, 5.74) is 1.15. The van der Waals surface area contributed by atoms with Crippen molar-refractivity contribution in [2.75, 3.05) is 14.2 Å². The number of Topliss-reactive ketones (excluding diaryl/α,β-unsaturated/α-hetero) is 1. The molecule has 0 atom stereocenters. The Morgan fingerprint density at radius 3 is 2.64 bits per heavy atom. The summed E-state index contributed by atoms with van der Waals surface area (Å²) in [6.45, 7) is 0. The number of benzene rings is 2. The number of rotatable bonds is 3. The second kappa shape index (κ2) is 5.85. The fourth-order valence-corrected chi connectivity index (χ4v) is 3.30. The van der Waals surface area contributed by atoms with E-state index in [0.29, 0.717) is 26.9 Å². The minimum atomic E-state index is -0.374. The van der Waals surface area contributed by atoms with Crippen molar-refractivity contribution in [1.29, 1.82) is 0 Å². The first-order valence-electron chi connectivity index (χ1n) is 6.59. The Bertz CT molecular complexity index is 783. The molecule has 1 heterocycles. The molecule has 2 aromatic rings. The van der Waals surface area contributed by atoms with Crippen LogP contribution in [0.1, 0.15) is 15.9 Å². The van der Waals surface area contributed by atoms with Gasteiger partial charge in [0.1, 0.15) is 17.3 Å². The van der Waals surface area contributed by atoms with Gasteiger partial charge in [0.2, 0.25) is 5.78 Å². The maximum atomic E-state index is 13.8. The minimum absolute atomic E-state index is 0.169. The van der Waals surface area contributed by atoms with Crippen LogP contribution in [0.15, 0.2) is 46.2 Å². The standard InChI is InChI=1S/C17H13FO3S/c1-20-11-7-6-10(14(9-11)21-2)8-15-16(19)12-4-3-5-13(18)17(12)22-15/h3-9H,1-2H3/b15-8+. The summed E-state index contributed by atoms with van der Waals surface area (Å²) < 4.78 is 24.2. The molecule has 1 aliphatic rings. The Labute approximate surface area is 131 Å². The molecule has 3 rings (SSSR count). The number of ketones is 1. The molecule has 0 saturated carbocycles. The highest BCUT2D eigenvalue weighted by Gasteiger charge is 2.28. The third-order valence-corrected chi connectivity index (χ3v) is 4.52. The van der Waals surface area contributed by atoms with Crippen LogP contribution in [0.3, 0.4) is 0 Å². The van der Waals surface area contributed by atoms with Crippen molar-refractivity contribution in [1.82, 2.24) is 0 Å². The molecule has 0 bridgehead atoms. The molecular formula is C17H13FO3S. The van der Waals surface area contributed by atoms with Gasteiger partial charge in [-0.25, -0.2) is 4.39 Å². The summed E-state index contributed by atoms with van der Waals surface area (Å²) in [6.07, 6.45) is 1.71. The average Bonchev–Trinajstić information content (AvgIpc) is 2.86. The Morgan fingerprint density at radius 1 is 1.14 bits per heavy atom. The van der Waals surface area contributed by atoms with Crippen LogP contribution in [0.2, 0.25) is 0 Å². The number of hydrogen-bond acceptors (Lipinski definition) is 4. The lowest BCUT2D eigenvalue weighted by Gasteiger charge is -2.07. The summed E-state index contributed by atoms with van der Waals surface area (Å²) in [5.74, 6) is 0.716. The van der Waals surface area contributed by atoms with E-state index in [9.17, 15) is 9.18 Å². The number of methoxy groups -OCH3 is 2. The number of carbonyl (C=O) groups excluding carboxylic acids is 1. The lowest BCUT2D eigenvalue weighted by Crippen LogP contribution is -1.95. The van der Waals surface area contributed by atoms with Crippen molar-refractivity contribution in [3.8, 4) is 11.5 Å². The van der Waals surface area contributed by atoms with Gasteiger partial charge in [-0.2, -0.15) is 0 Å². The number of carbonyl (C=O) groups is 1. The number of halogens is 1. The van der Waals surface area contributed by atoms with Crippen LogP contribution in [0.5, 0.6) is 11.5 Å². The molecule has 112 valence electrons. The first kappa shape index (κ1) is 14.7. The summed E-state index contributed by atoms with van der Waals surface area (Å²) in [5, 5.41) is 0. The molecule has 2 aromatic carbocycles. The minimum Gasteiger partial charge on any atom is -0.497 e. The molecule has 0 radical (unpaired) electrons. The van der Waals surface area contributed by atoms with Crippen molar-refractivity contribution < 1.29 is 18.7 Å². The van der Waals surface area contributed by atoms with Crippen LogP contribution in [-0.2, 0) is 0 Å². The van der Waals surface area contributed by atoms with Gasteiger partial charge in [0.05, 0.1) is 24.0 Å². The molecule has 0 aliphatic carbocycles. The van der Waals surface area contributed by atoms with Gasteiger partial charge in [0.15, 0.2) is 0 Å². The van der Waals surface area contributed by atoms with Crippen LogP contribution >= 0.6 is 11.8 Å². The van der Waals surface area contributed by atoms with Crippen LogP contribution in [0.4, 0.5) is 4.39 Å². The molecule has 0 N–H and O–H groups in total.